The van der Waals surface area contributed by atoms with Crippen molar-refractivity contribution in [1.82, 2.24) is 0 Å². The maximum absolute atomic E-state index is 13.1. The van der Waals surface area contributed by atoms with E-state index in [-0.39, 0.29) is 40.8 Å². The maximum Gasteiger partial charge on any atom is 0.303 e. The Morgan fingerprint density at radius 3 is 2.08 bits per heavy atom. The van der Waals surface area contributed by atoms with Crippen molar-refractivity contribution < 1.29 is 52.4 Å². The van der Waals surface area contributed by atoms with Gasteiger partial charge in [0.05, 0.1) is 6.10 Å². The second-order valence-electron chi connectivity index (χ2n) is 12.8. The van der Waals surface area contributed by atoms with Gasteiger partial charge in [0, 0.05) is 45.4 Å². The molecule has 0 aromatic heterocycles. The van der Waals surface area contributed by atoms with Crippen LogP contribution in [0, 0.1) is 34.0 Å². The van der Waals surface area contributed by atoms with Crippen molar-refractivity contribution in [2.45, 2.75) is 111 Å². The van der Waals surface area contributed by atoms with E-state index in [0.29, 0.717) is 18.1 Å². The van der Waals surface area contributed by atoms with Gasteiger partial charge in [-0.25, -0.2) is 0 Å². The zero-order chi connectivity index (χ0) is 29.4. The summed E-state index contributed by atoms with van der Waals surface area (Å²) in [6.07, 6.45) is -3.28. The number of Topliss-reactive ketones (excluding diaryl/α,β-unsaturated/α-hetero) is 1. The SMILES string of the molecule is CC(=O)OCC1OC(OC2CC3CC24C(C)CC(=O)C2CC3(C)C24C)C(OC(C)=O)C(OC(C)=O)C1OC(C)=O. The van der Waals surface area contributed by atoms with Crippen molar-refractivity contribution >= 4 is 29.7 Å². The third kappa shape index (κ3) is 4.01. The Labute approximate surface area is 233 Å². The average molecular weight is 565 g/mol. The first-order valence-electron chi connectivity index (χ1n) is 14.1. The van der Waals surface area contributed by atoms with E-state index in [1.54, 1.807) is 0 Å². The maximum atomic E-state index is 13.1. The highest BCUT2D eigenvalue weighted by molar-refractivity contribution is 5.85. The first kappa shape index (κ1) is 29.0. The molecule has 40 heavy (non-hydrogen) atoms. The number of ketones is 1. The molecular formula is C29H40O11. The Kier molecular flexibility index (Phi) is 7.09. The number of hydrogen-bond acceptors (Lipinski definition) is 11. The average Bonchev–Trinajstić information content (AvgIpc) is 3.29. The zero-order valence-electron chi connectivity index (χ0n) is 24.2. The molecule has 11 nitrogen and oxygen atoms in total. The van der Waals surface area contributed by atoms with Gasteiger partial charge >= 0.3 is 23.9 Å². The monoisotopic (exact) mass is 564 g/mol. The van der Waals surface area contributed by atoms with E-state index in [2.05, 4.69) is 20.8 Å². The summed E-state index contributed by atoms with van der Waals surface area (Å²) in [5.74, 6) is -1.88. The van der Waals surface area contributed by atoms with Gasteiger partial charge in [-0.2, -0.15) is 0 Å². The van der Waals surface area contributed by atoms with Crippen molar-refractivity contribution in [3.05, 3.63) is 0 Å². The van der Waals surface area contributed by atoms with Gasteiger partial charge < -0.3 is 28.4 Å². The van der Waals surface area contributed by atoms with Crippen LogP contribution in [0.25, 0.3) is 0 Å². The molecule has 1 saturated heterocycles. The van der Waals surface area contributed by atoms with E-state index in [9.17, 15) is 24.0 Å². The van der Waals surface area contributed by atoms with Crippen LogP contribution in [-0.2, 0) is 52.4 Å². The largest absolute Gasteiger partial charge is 0.463 e. The van der Waals surface area contributed by atoms with Crippen molar-refractivity contribution in [3.8, 4) is 0 Å². The van der Waals surface area contributed by atoms with Crippen molar-refractivity contribution in [3.63, 3.8) is 0 Å². The number of fused-ring (bicyclic) bond motifs is 2. The molecule has 0 amide bonds. The summed E-state index contributed by atoms with van der Waals surface area (Å²) in [6, 6.07) is 0. The molecule has 222 valence electrons. The van der Waals surface area contributed by atoms with Crippen LogP contribution >= 0.6 is 0 Å². The quantitative estimate of drug-likeness (QED) is 0.333. The lowest BCUT2D eigenvalue weighted by Crippen LogP contribution is -2.72. The van der Waals surface area contributed by atoms with Crippen molar-refractivity contribution in [1.29, 1.82) is 0 Å². The fraction of sp³-hybridized carbons (Fsp3) is 0.828. The minimum atomic E-state index is -1.27. The second kappa shape index (κ2) is 9.79. The Bertz CT molecular complexity index is 1120. The summed E-state index contributed by atoms with van der Waals surface area (Å²) in [5.41, 5.74) is -0.480. The molecule has 1 aliphatic heterocycles. The van der Waals surface area contributed by atoms with Crippen LogP contribution < -0.4 is 0 Å². The van der Waals surface area contributed by atoms with Gasteiger partial charge in [-0.1, -0.05) is 20.8 Å². The van der Waals surface area contributed by atoms with E-state index in [0.717, 1.165) is 19.3 Å². The van der Waals surface area contributed by atoms with E-state index in [4.69, 9.17) is 28.4 Å². The lowest BCUT2D eigenvalue weighted by Gasteiger charge is -2.72. The van der Waals surface area contributed by atoms with E-state index < -0.39 is 54.6 Å². The molecule has 4 aliphatic carbocycles. The third-order valence-electron chi connectivity index (χ3n) is 11.1. The van der Waals surface area contributed by atoms with Gasteiger partial charge in [0.1, 0.15) is 18.5 Å². The molecule has 2 bridgehead atoms. The van der Waals surface area contributed by atoms with Gasteiger partial charge in [-0.15, -0.1) is 0 Å². The summed E-state index contributed by atoms with van der Waals surface area (Å²) in [7, 11) is 0. The van der Waals surface area contributed by atoms with E-state index in [1.807, 2.05) is 0 Å². The van der Waals surface area contributed by atoms with Gasteiger partial charge in [-0.05, 0) is 41.9 Å². The zero-order valence-corrected chi connectivity index (χ0v) is 24.2. The molecule has 0 aromatic carbocycles. The Morgan fingerprint density at radius 1 is 0.875 bits per heavy atom. The molecular weight excluding hydrogens is 524 g/mol. The van der Waals surface area contributed by atoms with Gasteiger partial charge in [0.25, 0.3) is 0 Å². The number of hydrogen-bond donors (Lipinski definition) is 0. The highest BCUT2D eigenvalue weighted by atomic mass is 16.7. The minimum Gasteiger partial charge on any atom is -0.463 e. The molecule has 0 radical (unpaired) electrons. The molecule has 0 N–H and O–H groups in total. The number of rotatable bonds is 7. The second-order valence-corrected chi connectivity index (χ2v) is 12.8. The molecule has 12 unspecified atom stereocenters. The molecule has 11 heteroatoms. The highest BCUT2D eigenvalue weighted by Crippen LogP contribution is 2.86. The van der Waals surface area contributed by atoms with Crippen LogP contribution in [0.1, 0.15) is 74.1 Å². The summed E-state index contributed by atoms with van der Waals surface area (Å²) < 4.78 is 34.9. The Hall–Kier alpha value is -2.53. The van der Waals surface area contributed by atoms with Crippen LogP contribution in [0.5, 0.6) is 0 Å². The van der Waals surface area contributed by atoms with Crippen LogP contribution in [0.3, 0.4) is 0 Å². The summed E-state index contributed by atoms with van der Waals surface area (Å²) in [6.45, 7) is 11.2. The first-order valence-corrected chi connectivity index (χ1v) is 14.1. The smallest absolute Gasteiger partial charge is 0.303 e. The number of carbonyl (C=O) groups is 5. The first-order chi connectivity index (χ1) is 18.7. The predicted molar refractivity (Wildman–Crippen MR) is 135 cm³/mol. The summed E-state index contributed by atoms with van der Waals surface area (Å²) >= 11 is 0. The van der Waals surface area contributed by atoms with Crippen LogP contribution in [0.15, 0.2) is 0 Å². The van der Waals surface area contributed by atoms with Gasteiger partial charge in [0.2, 0.25) is 0 Å². The van der Waals surface area contributed by atoms with Crippen molar-refractivity contribution in [2.75, 3.05) is 6.61 Å². The minimum absolute atomic E-state index is 0.0134. The molecule has 12 atom stereocenters. The Balaban J connectivity index is 1.51. The Morgan fingerprint density at radius 2 is 1.48 bits per heavy atom. The van der Waals surface area contributed by atoms with Crippen LogP contribution in [0.2, 0.25) is 0 Å². The molecule has 1 heterocycles. The van der Waals surface area contributed by atoms with Crippen LogP contribution in [-0.4, -0.2) is 73.1 Å². The standard InChI is InChI=1S/C29H40O11/c1-13-8-20(34)19-11-27(6)18-9-22(29(13,10-18)28(19,27)7)40-26-25(38-17(5)33)24(37-16(4)32)23(36-15(3)31)21(39-26)12-35-14(2)30/h13,18-19,21-26H,8-12H2,1-7H3. The summed E-state index contributed by atoms with van der Waals surface area (Å²) in [5, 5.41) is 0. The molecule has 1 spiro atoms. The van der Waals surface area contributed by atoms with E-state index >= 15 is 0 Å². The van der Waals surface area contributed by atoms with Gasteiger partial charge in [0.15, 0.2) is 24.6 Å². The normalized spacial score (nSPS) is 46.6. The lowest BCUT2D eigenvalue weighted by molar-refractivity contribution is -0.343. The van der Waals surface area contributed by atoms with E-state index in [1.165, 1.54) is 27.7 Å². The lowest BCUT2D eigenvalue weighted by atomic mass is 9.32. The predicted octanol–water partition coefficient (Wildman–Crippen LogP) is 2.51. The molecule has 0 aromatic rings. The number of carbonyl (C=O) groups excluding carboxylic acids is 5. The summed E-state index contributed by atoms with van der Waals surface area (Å²) in [4.78, 5) is 61.2. The molecule has 4 saturated carbocycles. The highest BCUT2D eigenvalue weighted by Gasteiger charge is 2.84. The topological polar surface area (TPSA) is 141 Å². The number of ether oxygens (including phenoxy) is 6. The molecule has 5 aliphatic rings. The fourth-order valence-corrected chi connectivity index (χ4v) is 9.41. The fourth-order valence-electron chi connectivity index (χ4n) is 9.41. The number of esters is 4. The molecule has 5 fully saturated rings. The van der Waals surface area contributed by atoms with Crippen LogP contribution in [0.4, 0.5) is 0 Å². The van der Waals surface area contributed by atoms with Gasteiger partial charge in [-0.3, -0.25) is 24.0 Å². The van der Waals surface area contributed by atoms with Crippen molar-refractivity contribution in [2.24, 2.45) is 34.0 Å². The third-order valence-corrected chi connectivity index (χ3v) is 11.1. The molecule has 5 rings (SSSR count).